The summed E-state index contributed by atoms with van der Waals surface area (Å²) in [6, 6.07) is 7.41. The summed E-state index contributed by atoms with van der Waals surface area (Å²) in [5.41, 5.74) is 1.69. The van der Waals surface area contributed by atoms with Crippen LogP contribution in [-0.4, -0.2) is 42.5 Å². The molecule has 154 valence electrons. The lowest BCUT2D eigenvalue weighted by molar-refractivity contribution is -0.121. The lowest BCUT2D eigenvalue weighted by atomic mass is 10.0. The lowest BCUT2D eigenvalue weighted by Crippen LogP contribution is -2.49. The Labute approximate surface area is 176 Å². The second kappa shape index (κ2) is 9.74. The van der Waals surface area contributed by atoms with E-state index in [-0.39, 0.29) is 42.4 Å². The number of piperidine rings is 1. The second-order valence-electron chi connectivity index (χ2n) is 7.33. The molecule has 6 nitrogen and oxygen atoms in total. The van der Waals surface area contributed by atoms with Crippen LogP contribution in [-0.2, 0) is 4.79 Å². The standard InChI is InChI=1S/C20H25N3O3.2ClH/c1-13-11-19(24)26-18-12-14(4-5-16(13)18)22-20(25)17-3-2-10-23(17)15-6-8-21-9-7-15;;/h4-5,11-12,15,17,21H,2-3,6-10H2,1H3,(H,22,25);2*1H/t17-;;/m0../s1. The van der Waals surface area contributed by atoms with Gasteiger partial charge in [-0.05, 0) is 69.9 Å². The Bertz CT molecular complexity index is 881. The third-order valence-corrected chi connectivity index (χ3v) is 5.59. The van der Waals surface area contributed by atoms with Crippen LogP contribution in [0.4, 0.5) is 5.69 Å². The van der Waals surface area contributed by atoms with Gasteiger partial charge in [0.15, 0.2) is 0 Å². The van der Waals surface area contributed by atoms with E-state index in [2.05, 4.69) is 15.5 Å². The molecule has 1 aromatic carbocycles. The summed E-state index contributed by atoms with van der Waals surface area (Å²) in [6.45, 7) is 4.93. The Morgan fingerprint density at radius 1 is 1.18 bits per heavy atom. The Hall–Kier alpha value is -1.60. The summed E-state index contributed by atoms with van der Waals surface area (Å²) in [7, 11) is 0. The van der Waals surface area contributed by atoms with Crippen LogP contribution in [0.25, 0.3) is 11.0 Å². The van der Waals surface area contributed by atoms with Crippen LogP contribution in [0.1, 0.15) is 31.2 Å². The molecule has 1 aromatic heterocycles. The molecule has 28 heavy (non-hydrogen) atoms. The van der Waals surface area contributed by atoms with Crippen molar-refractivity contribution in [2.75, 3.05) is 25.0 Å². The van der Waals surface area contributed by atoms with E-state index in [0.717, 1.165) is 56.3 Å². The molecule has 3 heterocycles. The van der Waals surface area contributed by atoms with Crippen molar-refractivity contribution in [1.82, 2.24) is 10.2 Å². The molecule has 0 aliphatic carbocycles. The van der Waals surface area contributed by atoms with E-state index < -0.39 is 0 Å². The molecule has 1 atom stereocenters. The molecular weight excluding hydrogens is 401 g/mol. The molecule has 0 unspecified atom stereocenters. The minimum absolute atomic E-state index is 0. The van der Waals surface area contributed by atoms with Gasteiger partial charge in [0, 0.05) is 29.2 Å². The SMILES string of the molecule is Cc1cc(=O)oc2cc(NC(=O)[C@@H]3CCCN3C3CCNCC3)ccc12.Cl.Cl. The van der Waals surface area contributed by atoms with Crippen molar-refractivity contribution < 1.29 is 9.21 Å². The zero-order valence-corrected chi connectivity index (χ0v) is 17.5. The molecule has 2 aromatic rings. The van der Waals surface area contributed by atoms with Gasteiger partial charge in [-0.1, -0.05) is 0 Å². The molecule has 2 aliphatic heterocycles. The minimum atomic E-state index is -0.369. The average molecular weight is 428 g/mol. The highest BCUT2D eigenvalue weighted by Crippen LogP contribution is 2.26. The van der Waals surface area contributed by atoms with Crippen molar-refractivity contribution >= 4 is 47.4 Å². The Balaban J connectivity index is 0.00000140. The van der Waals surface area contributed by atoms with Crippen LogP contribution < -0.4 is 16.3 Å². The van der Waals surface area contributed by atoms with Crippen molar-refractivity contribution in [3.8, 4) is 0 Å². The number of amides is 1. The number of hydrogen-bond acceptors (Lipinski definition) is 5. The van der Waals surface area contributed by atoms with Gasteiger partial charge in [-0.3, -0.25) is 9.69 Å². The fourth-order valence-electron chi connectivity index (χ4n) is 4.27. The fourth-order valence-corrected chi connectivity index (χ4v) is 4.27. The Kier molecular flexibility index (Phi) is 7.89. The highest BCUT2D eigenvalue weighted by atomic mass is 35.5. The van der Waals surface area contributed by atoms with E-state index in [9.17, 15) is 9.59 Å². The van der Waals surface area contributed by atoms with Gasteiger partial charge < -0.3 is 15.1 Å². The van der Waals surface area contributed by atoms with Gasteiger partial charge in [-0.25, -0.2) is 4.79 Å². The molecule has 2 N–H and O–H groups in total. The molecule has 0 spiro atoms. The van der Waals surface area contributed by atoms with Crippen LogP contribution in [0.15, 0.2) is 33.5 Å². The van der Waals surface area contributed by atoms with Crippen molar-refractivity contribution in [3.05, 3.63) is 40.2 Å². The zero-order valence-electron chi connectivity index (χ0n) is 15.9. The summed E-state index contributed by atoms with van der Waals surface area (Å²) < 4.78 is 5.28. The summed E-state index contributed by atoms with van der Waals surface area (Å²) >= 11 is 0. The molecule has 0 radical (unpaired) electrons. The van der Waals surface area contributed by atoms with E-state index in [1.54, 1.807) is 6.07 Å². The third kappa shape index (κ3) is 4.69. The quantitative estimate of drug-likeness (QED) is 0.735. The monoisotopic (exact) mass is 427 g/mol. The molecule has 2 fully saturated rings. The minimum Gasteiger partial charge on any atom is -0.423 e. The molecule has 2 aliphatic rings. The number of nitrogens with zero attached hydrogens (tertiary/aromatic N) is 1. The smallest absolute Gasteiger partial charge is 0.336 e. The van der Waals surface area contributed by atoms with Crippen LogP contribution >= 0.6 is 24.8 Å². The topological polar surface area (TPSA) is 74.6 Å². The largest absolute Gasteiger partial charge is 0.423 e. The number of carbonyl (C=O) groups is 1. The van der Waals surface area contributed by atoms with Crippen LogP contribution in [0.3, 0.4) is 0 Å². The van der Waals surface area contributed by atoms with Gasteiger partial charge in [0.25, 0.3) is 0 Å². The summed E-state index contributed by atoms with van der Waals surface area (Å²) in [5.74, 6) is 0.0374. The predicted molar refractivity (Wildman–Crippen MR) is 116 cm³/mol. The normalized spacial score (nSPS) is 20.4. The van der Waals surface area contributed by atoms with Crippen molar-refractivity contribution in [2.24, 2.45) is 0 Å². The predicted octanol–water partition coefficient (Wildman–Crippen LogP) is 3.10. The number of benzene rings is 1. The van der Waals surface area contributed by atoms with E-state index in [0.29, 0.717) is 17.3 Å². The second-order valence-corrected chi connectivity index (χ2v) is 7.33. The highest BCUT2D eigenvalue weighted by molar-refractivity contribution is 5.97. The van der Waals surface area contributed by atoms with Crippen molar-refractivity contribution in [1.29, 1.82) is 0 Å². The zero-order chi connectivity index (χ0) is 18.1. The summed E-state index contributed by atoms with van der Waals surface area (Å²) in [5, 5.41) is 7.30. The number of anilines is 1. The first kappa shape index (κ1) is 22.7. The summed E-state index contributed by atoms with van der Waals surface area (Å²) in [4.78, 5) is 26.9. The maximum Gasteiger partial charge on any atom is 0.336 e. The van der Waals surface area contributed by atoms with Crippen LogP contribution in [0, 0.1) is 6.92 Å². The van der Waals surface area contributed by atoms with Gasteiger partial charge in [0.1, 0.15) is 5.58 Å². The fraction of sp³-hybridized carbons (Fsp3) is 0.500. The maximum atomic E-state index is 12.9. The highest BCUT2D eigenvalue weighted by Gasteiger charge is 2.35. The Morgan fingerprint density at radius 3 is 2.68 bits per heavy atom. The van der Waals surface area contributed by atoms with Gasteiger partial charge in [-0.15, -0.1) is 24.8 Å². The number of aryl methyl sites for hydroxylation is 1. The van der Waals surface area contributed by atoms with Crippen LogP contribution in [0.2, 0.25) is 0 Å². The van der Waals surface area contributed by atoms with Gasteiger partial charge >= 0.3 is 5.63 Å². The number of halogens is 2. The summed E-state index contributed by atoms with van der Waals surface area (Å²) in [6.07, 6.45) is 4.17. The number of rotatable bonds is 3. The number of nitrogens with one attached hydrogen (secondary N) is 2. The molecule has 8 heteroatoms. The molecule has 0 saturated carbocycles. The molecule has 1 amide bonds. The average Bonchev–Trinajstić information content (AvgIpc) is 3.12. The van der Waals surface area contributed by atoms with E-state index in [4.69, 9.17) is 4.42 Å². The van der Waals surface area contributed by atoms with E-state index in [1.807, 2.05) is 19.1 Å². The first-order chi connectivity index (χ1) is 12.6. The molecular formula is C20H27Cl2N3O3. The Morgan fingerprint density at radius 2 is 1.93 bits per heavy atom. The third-order valence-electron chi connectivity index (χ3n) is 5.59. The lowest BCUT2D eigenvalue weighted by Gasteiger charge is -2.35. The van der Waals surface area contributed by atoms with Crippen molar-refractivity contribution in [3.63, 3.8) is 0 Å². The molecule has 0 bridgehead atoms. The van der Waals surface area contributed by atoms with Crippen molar-refractivity contribution in [2.45, 2.75) is 44.7 Å². The van der Waals surface area contributed by atoms with E-state index in [1.165, 1.54) is 6.07 Å². The van der Waals surface area contributed by atoms with Crippen LogP contribution in [0.5, 0.6) is 0 Å². The molecule has 2 saturated heterocycles. The number of fused-ring (bicyclic) bond motifs is 1. The first-order valence-electron chi connectivity index (χ1n) is 9.44. The number of likely N-dealkylation sites (tertiary alicyclic amines) is 1. The molecule has 4 rings (SSSR count). The first-order valence-corrected chi connectivity index (χ1v) is 9.44. The number of hydrogen-bond donors (Lipinski definition) is 2. The van der Waals surface area contributed by atoms with Gasteiger partial charge in [-0.2, -0.15) is 0 Å². The van der Waals surface area contributed by atoms with Gasteiger partial charge in [0.05, 0.1) is 6.04 Å². The maximum absolute atomic E-state index is 12.9. The van der Waals surface area contributed by atoms with E-state index >= 15 is 0 Å². The number of carbonyl (C=O) groups excluding carboxylic acids is 1. The van der Waals surface area contributed by atoms with Gasteiger partial charge in [0.2, 0.25) is 5.91 Å².